The normalized spacial score (nSPS) is 30.0. The van der Waals surface area contributed by atoms with Crippen LogP contribution in [-0.4, -0.2) is 18.9 Å². The van der Waals surface area contributed by atoms with E-state index in [0.29, 0.717) is 0 Å². The summed E-state index contributed by atoms with van der Waals surface area (Å²) in [7, 11) is -2.89. The molecule has 0 radical (unpaired) electrons. The average Bonchev–Trinajstić information content (AvgIpc) is 2.50. The molecule has 3 rings (SSSR count). The van der Waals surface area contributed by atoms with E-state index in [4.69, 9.17) is 0 Å². The minimum atomic E-state index is -2.89. The molecule has 2 atom stereocenters. The van der Waals surface area contributed by atoms with Crippen LogP contribution in [0.2, 0.25) is 0 Å². The summed E-state index contributed by atoms with van der Waals surface area (Å²) in [5.41, 5.74) is 2.33. The zero-order valence-electron chi connectivity index (χ0n) is 9.67. The van der Waals surface area contributed by atoms with Crippen molar-refractivity contribution in [3.63, 3.8) is 0 Å². The summed E-state index contributed by atoms with van der Waals surface area (Å²) in [6, 6.07) is 10.1. The predicted octanol–water partition coefficient (Wildman–Crippen LogP) is 2.51. The van der Waals surface area contributed by atoms with E-state index in [-0.39, 0.29) is 10.5 Å². The van der Waals surface area contributed by atoms with E-state index < -0.39 is 9.84 Å². The lowest BCUT2D eigenvalue weighted by molar-refractivity contribution is 0.548. The Morgan fingerprint density at radius 3 is 2.59 bits per heavy atom. The largest absolute Gasteiger partial charge is 0.228 e. The molecule has 0 amide bonds. The van der Waals surface area contributed by atoms with Crippen molar-refractivity contribution in [3.8, 4) is 0 Å². The van der Waals surface area contributed by atoms with Gasteiger partial charge in [-0.3, -0.25) is 0 Å². The van der Waals surface area contributed by atoms with E-state index in [9.17, 15) is 8.42 Å². The molecule has 0 aliphatic carbocycles. The van der Waals surface area contributed by atoms with Gasteiger partial charge < -0.3 is 0 Å². The highest BCUT2D eigenvalue weighted by molar-refractivity contribution is 7.93. The molecule has 2 heterocycles. The molecule has 2 aliphatic heterocycles. The highest BCUT2D eigenvalue weighted by Gasteiger charge is 2.43. The number of fused-ring (bicyclic) bond motifs is 2. The summed E-state index contributed by atoms with van der Waals surface area (Å²) in [5.74, 6) is 0. The Kier molecular flexibility index (Phi) is 2.58. The van der Waals surface area contributed by atoms with Gasteiger partial charge in [-0.1, -0.05) is 48.4 Å². The van der Waals surface area contributed by atoms with Crippen LogP contribution in [0.1, 0.15) is 24.8 Å². The second-order valence-electron chi connectivity index (χ2n) is 4.95. The lowest BCUT2D eigenvalue weighted by Crippen LogP contribution is -2.30. The first-order valence-corrected chi connectivity index (χ1v) is 7.76. The molecule has 2 aliphatic rings. The van der Waals surface area contributed by atoms with Crippen molar-refractivity contribution >= 4 is 9.84 Å². The van der Waals surface area contributed by atoms with E-state index >= 15 is 0 Å². The second-order valence-corrected chi connectivity index (χ2v) is 7.30. The van der Waals surface area contributed by atoms with Crippen molar-refractivity contribution in [2.45, 2.75) is 36.2 Å². The topological polar surface area (TPSA) is 34.1 Å². The SMILES string of the molecule is O=S1(=O)[C@@H]2CCC[C@@H]1C=C2Cc1ccccc1. The third-order valence-corrected chi connectivity index (χ3v) is 6.39. The van der Waals surface area contributed by atoms with Gasteiger partial charge in [0.25, 0.3) is 0 Å². The van der Waals surface area contributed by atoms with Gasteiger partial charge in [-0.2, -0.15) is 0 Å². The molecular weight excluding hydrogens is 232 g/mol. The molecule has 1 aromatic rings. The zero-order chi connectivity index (χ0) is 11.9. The first-order chi connectivity index (χ1) is 8.18. The van der Waals surface area contributed by atoms with Crippen LogP contribution in [0.3, 0.4) is 0 Å². The van der Waals surface area contributed by atoms with E-state index in [1.54, 1.807) is 0 Å². The maximum Gasteiger partial charge on any atom is 0.163 e. The van der Waals surface area contributed by atoms with Gasteiger partial charge in [0.1, 0.15) is 0 Å². The highest BCUT2D eigenvalue weighted by Crippen LogP contribution is 2.38. The van der Waals surface area contributed by atoms with Gasteiger partial charge in [-0.05, 0) is 24.8 Å². The molecule has 0 spiro atoms. The number of sulfone groups is 1. The molecule has 1 aromatic carbocycles. The number of hydrogen-bond acceptors (Lipinski definition) is 2. The van der Waals surface area contributed by atoms with Gasteiger partial charge >= 0.3 is 0 Å². The fourth-order valence-corrected chi connectivity index (χ4v) is 5.33. The third kappa shape index (κ3) is 1.82. The van der Waals surface area contributed by atoms with Gasteiger partial charge in [0.15, 0.2) is 9.84 Å². The van der Waals surface area contributed by atoms with E-state index in [0.717, 1.165) is 31.3 Å². The Morgan fingerprint density at radius 2 is 1.88 bits per heavy atom. The number of hydrogen-bond donors (Lipinski definition) is 0. The molecule has 90 valence electrons. The monoisotopic (exact) mass is 248 g/mol. The van der Waals surface area contributed by atoms with Crippen LogP contribution in [0.25, 0.3) is 0 Å². The van der Waals surface area contributed by atoms with Crippen LogP contribution in [0.15, 0.2) is 42.0 Å². The van der Waals surface area contributed by atoms with Crippen LogP contribution in [0.4, 0.5) is 0 Å². The first kappa shape index (κ1) is 11.0. The van der Waals surface area contributed by atoms with E-state index in [1.165, 1.54) is 5.56 Å². The smallest absolute Gasteiger partial charge is 0.163 e. The fourth-order valence-electron chi connectivity index (χ4n) is 2.97. The van der Waals surface area contributed by atoms with Crippen molar-refractivity contribution in [3.05, 3.63) is 47.5 Å². The summed E-state index contributed by atoms with van der Waals surface area (Å²) < 4.78 is 24.2. The molecule has 2 bridgehead atoms. The van der Waals surface area contributed by atoms with Gasteiger partial charge in [-0.25, -0.2) is 8.42 Å². The summed E-state index contributed by atoms with van der Waals surface area (Å²) in [5, 5.41) is -0.388. The quantitative estimate of drug-likeness (QED) is 0.754. The summed E-state index contributed by atoms with van der Waals surface area (Å²) in [6.45, 7) is 0. The molecular formula is C14H16O2S. The Morgan fingerprint density at radius 1 is 1.12 bits per heavy atom. The van der Waals surface area contributed by atoms with Crippen LogP contribution in [0, 0.1) is 0 Å². The zero-order valence-corrected chi connectivity index (χ0v) is 10.5. The van der Waals surface area contributed by atoms with Gasteiger partial charge in [-0.15, -0.1) is 0 Å². The molecule has 0 N–H and O–H groups in total. The molecule has 2 nitrogen and oxygen atoms in total. The highest BCUT2D eigenvalue weighted by atomic mass is 32.2. The average molecular weight is 248 g/mol. The third-order valence-electron chi connectivity index (χ3n) is 3.84. The Balaban J connectivity index is 1.89. The molecule has 0 unspecified atom stereocenters. The summed E-state index contributed by atoms with van der Waals surface area (Å²) in [6.07, 6.45) is 5.49. The second kappa shape index (κ2) is 3.98. The molecule has 3 heteroatoms. The van der Waals surface area contributed by atoms with Gasteiger partial charge in [0.05, 0.1) is 10.5 Å². The summed E-state index contributed by atoms with van der Waals surface area (Å²) in [4.78, 5) is 0. The van der Waals surface area contributed by atoms with Gasteiger partial charge in [0, 0.05) is 0 Å². The minimum Gasteiger partial charge on any atom is -0.228 e. The van der Waals surface area contributed by atoms with Crippen LogP contribution in [0.5, 0.6) is 0 Å². The van der Waals surface area contributed by atoms with Crippen molar-refractivity contribution in [1.29, 1.82) is 0 Å². The lowest BCUT2D eigenvalue weighted by atomic mass is 10.0. The maximum absolute atomic E-state index is 12.1. The van der Waals surface area contributed by atoms with Crippen molar-refractivity contribution < 1.29 is 8.42 Å². The Labute approximate surface area is 102 Å². The molecule has 17 heavy (non-hydrogen) atoms. The molecule has 0 saturated carbocycles. The number of benzene rings is 1. The maximum atomic E-state index is 12.1. The van der Waals surface area contributed by atoms with E-state index in [2.05, 4.69) is 12.1 Å². The van der Waals surface area contributed by atoms with E-state index in [1.807, 2.05) is 24.3 Å². The minimum absolute atomic E-state index is 0.193. The molecule has 1 saturated heterocycles. The van der Waals surface area contributed by atoms with Crippen LogP contribution in [-0.2, 0) is 16.3 Å². The van der Waals surface area contributed by atoms with Crippen LogP contribution < -0.4 is 0 Å². The standard InChI is InChI=1S/C14H16O2S/c15-17(16)13-7-4-8-14(17)12(10-13)9-11-5-2-1-3-6-11/h1-3,5-6,10,13-14H,4,7-9H2/t13-,14-/m1/s1. The van der Waals surface area contributed by atoms with Crippen molar-refractivity contribution in [1.82, 2.24) is 0 Å². The van der Waals surface area contributed by atoms with Crippen LogP contribution >= 0.6 is 0 Å². The van der Waals surface area contributed by atoms with Crippen molar-refractivity contribution in [2.75, 3.05) is 0 Å². The van der Waals surface area contributed by atoms with Crippen molar-refractivity contribution in [2.24, 2.45) is 0 Å². The lowest BCUT2D eigenvalue weighted by Gasteiger charge is -2.21. The predicted molar refractivity (Wildman–Crippen MR) is 68.6 cm³/mol. The first-order valence-electron chi connectivity index (χ1n) is 6.15. The van der Waals surface area contributed by atoms with Gasteiger partial charge in [0.2, 0.25) is 0 Å². The molecule has 1 fully saturated rings. The number of rotatable bonds is 2. The Hall–Kier alpha value is -1.09. The Bertz CT molecular complexity index is 543. The molecule has 0 aromatic heterocycles. The fraction of sp³-hybridized carbons (Fsp3) is 0.429. The summed E-state index contributed by atoms with van der Waals surface area (Å²) >= 11 is 0.